The average Bonchev–Trinajstić information content (AvgIpc) is 2.33. The van der Waals surface area contributed by atoms with E-state index in [9.17, 15) is 0 Å². The lowest BCUT2D eigenvalue weighted by Crippen LogP contribution is -2.47. The summed E-state index contributed by atoms with van der Waals surface area (Å²) in [5, 5.41) is 6.22. The molecule has 1 fully saturated rings. The second-order valence-corrected chi connectivity index (χ2v) is 2.03. The Morgan fingerprint density at radius 1 is 1.33 bits per heavy atom. The van der Waals surface area contributed by atoms with E-state index in [-0.39, 0.29) is 0 Å². The smallest absolute Gasteiger partial charge is 0.146 e. The van der Waals surface area contributed by atoms with E-state index in [2.05, 4.69) is 20.6 Å². The Bertz CT molecular complexity index is 161. The molecule has 0 aromatic heterocycles. The summed E-state index contributed by atoms with van der Waals surface area (Å²) in [6, 6.07) is 0. The van der Waals surface area contributed by atoms with Crippen LogP contribution in [-0.2, 0) is 0 Å². The van der Waals surface area contributed by atoms with Crippen LogP contribution >= 0.6 is 0 Å². The number of aliphatic imine (C=N–C) groups is 2. The molecule has 0 aromatic rings. The number of nitrogens with one attached hydrogen (secondary N) is 2. The molecule has 0 unspecified atom stereocenters. The van der Waals surface area contributed by atoms with Crippen molar-refractivity contribution in [3.05, 3.63) is 0 Å². The lowest BCUT2D eigenvalue weighted by Gasteiger charge is -2.15. The molecule has 0 amide bonds. The summed E-state index contributed by atoms with van der Waals surface area (Å²) < 4.78 is 0. The summed E-state index contributed by atoms with van der Waals surface area (Å²) in [5.74, 6) is 0.980. The Morgan fingerprint density at radius 3 is 3.22 bits per heavy atom. The van der Waals surface area contributed by atoms with E-state index in [0.717, 1.165) is 24.8 Å². The van der Waals surface area contributed by atoms with Crippen molar-refractivity contribution in [2.24, 2.45) is 9.98 Å². The van der Waals surface area contributed by atoms with Crippen molar-refractivity contribution in [3.8, 4) is 0 Å². The van der Waals surface area contributed by atoms with E-state index in [4.69, 9.17) is 0 Å². The van der Waals surface area contributed by atoms with Crippen LogP contribution in [0.3, 0.4) is 0 Å². The van der Waals surface area contributed by atoms with Gasteiger partial charge in [-0.25, -0.2) is 4.99 Å². The van der Waals surface area contributed by atoms with E-state index >= 15 is 0 Å². The monoisotopic (exact) mass is 124 g/mol. The fourth-order valence-corrected chi connectivity index (χ4v) is 0.982. The Kier molecular flexibility index (Phi) is 0.989. The molecule has 0 saturated carbocycles. The maximum atomic E-state index is 4.15. The van der Waals surface area contributed by atoms with Crippen molar-refractivity contribution in [1.82, 2.24) is 10.6 Å². The van der Waals surface area contributed by atoms with Gasteiger partial charge in [-0.2, -0.15) is 0 Å². The van der Waals surface area contributed by atoms with Crippen molar-refractivity contribution >= 4 is 11.5 Å². The van der Waals surface area contributed by atoms with Gasteiger partial charge in [0, 0.05) is 6.54 Å². The third kappa shape index (κ3) is 0.712. The normalized spacial score (nSPS) is 24.0. The molecule has 0 bridgehead atoms. The van der Waals surface area contributed by atoms with Crippen molar-refractivity contribution in [2.75, 3.05) is 19.9 Å². The van der Waals surface area contributed by atoms with E-state index in [0.29, 0.717) is 6.67 Å². The van der Waals surface area contributed by atoms with E-state index in [1.807, 2.05) is 0 Å². The molecule has 0 radical (unpaired) electrons. The fraction of sp³-hybridized carbons (Fsp3) is 0.600. The molecule has 2 N–H and O–H groups in total. The molecule has 0 aromatic carbocycles. The largest absolute Gasteiger partial charge is 0.356 e. The number of fused-ring (bicyclic) bond motifs is 1. The maximum absolute atomic E-state index is 4.15. The summed E-state index contributed by atoms with van der Waals surface area (Å²) in [7, 11) is 0. The van der Waals surface area contributed by atoms with Gasteiger partial charge in [0.25, 0.3) is 0 Å². The quantitative estimate of drug-likeness (QED) is 0.433. The van der Waals surface area contributed by atoms with Crippen LogP contribution in [0.4, 0.5) is 0 Å². The van der Waals surface area contributed by atoms with Crippen LogP contribution in [0.2, 0.25) is 0 Å². The molecule has 0 spiro atoms. The lowest BCUT2D eigenvalue weighted by atomic mass is 10.3. The van der Waals surface area contributed by atoms with Gasteiger partial charge in [-0.3, -0.25) is 10.3 Å². The number of nitrogens with zero attached hydrogens (tertiary/aromatic N) is 2. The zero-order valence-electron chi connectivity index (χ0n) is 5.02. The SMILES string of the molecule is C1N=C2CNCNC2=N1. The molecule has 1 saturated heterocycles. The highest BCUT2D eigenvalue weighted by Gasteiger charge is 2.15. The molecular weight excluding hydrogens is 116 g/mol. The summed E-state index contributed by atoms with van der Waals surface area (Å²) in [6.07, 6.45) is 0. The van der Waals surface area contributed by atoms with Crippen LogP contribution in [0.1, 0.15) is 0 Å². The first kappa shape index (κ1) is 4.93. The van der Waals surface area contributed by atoms with Gasteiger partial charge in [-0.15, -0.1) is 0 Å². The van der Waals surface area contributed by atoms with Crippen LogP contribution in [0.5, 0.6) is 0 Å². The fourth-order valence-electron chi connectivity index (χ4n) is 0.982. The molecule has 48 valence electrons. The number of rotatable bonds is 0. The van der Waals surface area contributed by atoms with E-state index < -0.39 is 0 Å². The highest BCUT2D eigenvalue weighted by molar-refractivity contribution is 6.43. The predicted octanol–water partition coefficient (Wildman–Crippen LogP) is -1.05. The minimum absolute atomic E-state index is 0.610. The molecule has 0 aliphatic carbocycles. The highest BCUT2D eigenvalue weighted by atomic mass is 15.2. The van der Waals surface area contributed by atoms with E-state index in [1.165, 1.54) is 0 Å². The van der Waals surface area contributed by atoms with Crippen LogP contribution in [0.25, 0.3) is 0 Å². The molecule has 2 heterocycles. The Hall–Kier alpha value is -0.900. The summed E-state index contributed by atoms with van der Waals surface area (Å²) in [6.45, 7) is 2.29. The lowest BCUT2D eigenvalue weighted by molar-refractivity contribution is 0.717. The maximum Gasteiger partial charge on any atom is 0.146 e. The summed E-state index contributed by atoms with van der Waals surface area (Å²) in [5.41, 5.74) is 1.07. The van der Waals surface area contributed by atoms with Crippen LogP contribution in [0, 0.1) is 0 Å². The standard InChI is InChI=1S/C5H8N4/c1-4-5(8-2-6-1)9-3-7-4/h6H,1-3H2,(H,8,9). The minimum Gasteiger partial charge on any atom is -0.356 e. The molecule has 9 heavy (non-hydrogen) atoms. The van der Waals surface area contributed by atoms with Crippen molar-refractivity contribution < 1.29 is 0 Å². The van der Waals surface area contributed by atoms with E-state index in [1.54, 1.807) is 0 Å². The average molecular weight is 124 g/mol. The first-order chi connectivity index (χ1) is 4.47. The number of hydrogen-bond donors (Lipinski definition) is 2. The van der Waals surface area contributed by atoms with Gasteiger partial charge in [0.2, 0.25) is 0 Å². The van der Waals surface area contributed by atoms with Crippen LogP contribution in [-0.4, -0.2) is 31.4 Å². The molecule has 2 aliphatic rings. The van der Waals surface area contributed by atoms with Crippen LogP contribution < -0.4 is 10.6 Å². The first-order valence-electron chi connectivity index (χ1n) is 2.99. The summed E-state index contributed by atoms with van der Waals surface area (Å²) in [4.78, 5) is 8.27. The Balaban J connectivity index is 2.22. The van der Waals surface area contributed by atoms with Gasteiger partial charge in [0.1, 0.15) is 12.5 Å². The highest BCUT2D eigenvalue weighted by Crippen LogP contribution is 1.94. The summed E-state index contributed by atoms with van der Waals surface area (Å²) >= 11 is 0. The topological polar surface area (TPSA) is 48.8 Å². The molecule has 2 aliphatic heterocycles. The third-order valence-electron chi connectivity index (χ3n) is 1.44. The first-order valence-corrected chi connectivity index (χ1v) is 2.99. The number of hydrogen-bond acceptors (Lipinski definition) is 4. The van der Waals surface area contributed by atoms with Crippen molar-refractivity contribution in [1.29, 1.82) is 0 Å². The molecule has 4 nitrogen and oxygen atoms in total. The van der Waals surface area contributed by atoms with Gasteiger partial charge in [0.15, 0.2) is 0 Å². The Morgan fingerprint density at radius 2 is 2.33 bits per heavy atom. The molecule has 2 rings (SSSR count). The molecule has 0 atom stereocenters. The van der Waals surface area contributed by atoms with Gasteiger partial charge < -0.3 is 5.32 Å². The second-order valence-electron chi connectivity index (χ2n) is 2.03. The van der Waals surface area contributed by atoms with Crippen molar-refractivity contribution in [2.45, 2.75) is 0 Å². The molecular formula is C5H8N4. The third-order valence-corrected chi connectivity index (χ3v) is 1.44. The minimum atomic E-state index is 0.610. The Labute approximate surface area is 53.1 Å². The van der Waals surface area contributed by atoms with Crippen molar-refractivity contribution in [3.63, 3.8) is 0 Å². The molecule has 4 heteroatoms. The number of amidine groups is 1. The van der Waals surface area contributed by atoms with Gasteiger partial charge in [-0.05, 0) is 0 Å². The second kappa shape index (κ2) is 1.80. The predicted molar refractivity (Wildman–Crippen MR) is 35.7 cm³/mol. The van der Waals surface area contributed by atoms with Gasteiger partial charge in [0.05, 0.1) is 12.4 Å². The van der Waals surface area contributed by atoms with Gasteiger partial charge >= 0.3 is 0 Å². The van der Waals surface area contributed by atoms with Gasteiger partial charge in [-0.1, -0.05) is 0 Å². The van der Waals surface area contributed by atoms with Crippen LogP contribution in [0.15, 0.2) is 9.98 Å². The zero-order valence-corrected chi connectivity index (χ0v) is 5.02. The zero-order chi connectivity index (χ0) is 6.10.